The molecule has 9 heteroatoms. The smallest absolute Gasteiger partial charge is 0.294 e. The Morgan fingerprint density at radius 2 is 1.93 bits per heavy atom. The molecule has 2 aromatic rings. The Kier molecular flexibility index (Phi) is 6.11. The zero-order chi connectivity index (χ0) is 20.3. The fourth-order valence-electron chi connectivity index (χ4n) is 3.19. The van der Waals surface area contributed by atoms with E-state index in [1.807, 2.05) is 4.90 Å². The molecule has 1 N–H and O–H groups in total. The van der Waals surface area contributed by atoms with Gasteiger partial charge in [0.05, 0.1) is 21.2 Å². The lowest BCUT2D eigenvalue weighted by atomic mass is 10.1. The van der Waals surface area contributed by atoms with Crippen molar-refractivity contribution >= 4 is 34.6 Å². The summed E-state index contributed by atoms with van der Waals surface area (Å²) in [5.41, 5.74) is 0.330. The molecule has 0 unspecified atom stereocenters. The van der Waals surface area contributed by atoms with Crippen molar-refractivity contribution in [3.8, 4) is 0 Å². The van der Waals surface area contributed by atoms with Gasteiger partial charge in [0, 0.05) is 32.2 Å². The summed E-state index contributed by atoms with van der Waals surface area (Å²) in [5.74, 6) is -1.33. The van der Waals surface area contributed by atoms with Crippen molar-refractivity contribution in [3.05, 3.63) is 62.9 Å². The average Bonchev–Trinajstić information content (AvgIpc) is 2.69. The van der Waals surface area contributed by atoms with Crippen LogP contribution >= 0.6 is 11.6 Å². The van der Waals surface area contributed by atoms with Gasteiger partial charge in [0.1, 0.15) is 11.5 Å². The Balaban J connectivity index is 1.91. The molecule has 148 valence electrons. The van der Waals surface area contributed by atoms with E-state index in [1.165, 1.54) is 30.3 Å². The highest BCUT2D eigenvalue weighted by Gasteiger charge is 2.26. The minimum Gasteiger partial charge on any atom is -0.363 e. The number of carbonyl (C=O) groups is 1. The first-order chi connectivity index (χ1) is 13.4. The van der Waals surface area contributed by atoms with Crippen LogP contribution in [0.5, 0.6) is 0 Å². The van der Waals surface area contributed by atoms with E-state index in [9.17, 15) is 19.3 Å². The molecule has 0 spiro atoms. The van der Waals surface area contributed by atoms with E-state index in [0.717, 1.165) is 19.6 Å². The number of hydrogen-bond donors (Lipinski definition) is 1. The van der Waals surface area contributed by atoms with Crippen molar-refractivity contribution in [3.63, 3.8) is 0 Å². The lowest BCUT2D eigenvalue weighted by Gasteiger charge is -2.35. The molecule has 0 atom stereocenters. The van der Waals surface area contributed by atoms with E-state index in [1.54, 1.807) is 6.07 Å². The Morgan fingerprint density at radius 3 is 2.54 bits per heavy atom. The van der Waals surface area contributed by atoms with E-state index >= 15 is 0 Å². The minimum atomic E-state index is -0.671. The van der Waals surface area contributed by atoms with E-state index in [2.05, 4.69) is 17.1 Å². The van der Waals surface area contributed by atoms with Crippen molar-refractivity contribution in [2.24, 2.45) is 0 Å². The molecule has 28 heavy (non-hydrogen) atoms. The molecule has 0 aromatic heterocycles. The van der Waals surface area contributed by atoms with Crippen LogP contribution in [0.25, 0.3) is 0 Å². The quantitative estimate of drug-likeness (QED) is 0.603. The minimum absolute atomic E-state index is 0.0207. The Labute approximate surface area is 166 Å². The van der Waals surface area contributed by atoms with Gasteiger partial charge >= 0.3 is 0 Å². The van der Waals surface area contributed by atoms with Crippen LogP contribution in [0.3, 0.4) is 0 Å². The first-order valence-electron chi connectivity index (χ1n) is 8.91. The van der Waals surface area contributed by atoms with Crippen LogP contribution in [-0.2, 0) is 0 Å². The molecule has 3 rings (SSSR count). The summed E-state index contributed by atoms with van der Waals surface area (Å²) >= 11 is 6.16. The summed E-state index contributed by atoms with van der Waals surface area (Å²) < 4.78 is 13.9. The number of halogens is 2. The van der Waals surface area contributed by atoms with E-state index in [0.29, 0.717) is 18.8 Å². The molecule has 0 bridgehead atoms. The van der Waals surface area contributed by atoms with Crippen molar-refractivity contribution in [1.29, 1.82) is 0 Å². The number of likely N-dealkylation sites (N-methyl/N-ethyl adjacent to an activating group) is 1. The molecule has 1 fully saturated rings. The molecule has 0 radical (unpaired) electrons. The summed E-state index contributed by atoms with van der Waals surface area (Å²) in [7, 11) is 0. The van der Waals surface area contributed by atoms with Crippen LogP contribution in [0.1, 0.15) is 17.3 Å². The van der Waals surface area contributed by atoms with Gasteiger partial charge < -0.3 is 15.1 Å². The van der Waals surface area contributed by atoms with Gasteiger partial charge in [0.25, 0.3) is 11.6 Å². The number of nitro benzene ring substituents is 1. The van der Waals surface area contributed by atoms with Crippen LogP contribution in [0, 0.1) is 15.9 Å². The molecule has 1 aliphatic heterocycles. The lowest BCUT2D eigenvalue weighted by Crippen LogP contribution is -2.46. The van der Waals surface area contributed by atoms with Gasteiger partial charge in [-0.2, -0.15) is 0 Å². The van der Waals surface area contributed by atoms with Crippen LogP contribution in [0.4, 0.5) is 21.5 Å². The summed E-state index contributed by atoms with van der Waals surface area (Å²) in [6, 6.07) is 8.29. The van der Waals surface area contributed by atoms with Crippen LogP contribution in [0.2, 0.25) is 5.02 Å². The standard InChI is InChI=1S/C19H20ClFN4O3/c1-2-23-7-9-24(10-8-23)17-12-16(14(20)11-18(17)25(27)28)22-19(26)13-5-3-4-6-15(13)21/h3-6,11-12H,2,7-10H2,1H3,(H,22,26). The third-order valence-corrected chi connectivity index (χ3v) is 5.10. The van der Waals surface area contributed by atoms with E-state index < -0.39 is 16.6 Å². The van der Waals surface area contributed by atoms with Gasteiger partial charge in [-0.3, -0.25) is 14.9 Å². The highest BCUT2D eigenvalue weighted by molar-refractivity contribution is 6.34. The predicted octanol–water partition coefficient (Wildman–Crippen LogP) is 3.78. The lowest BCUT2D eigenvalue weighted by molar-refractivity contribution is -0.384. The van der Waals surface area contributed by atoms with Gasteiger partial charge in [-0.15, -0.1) is 0 Å². The first-order valence-corrected chi connectivity index (χ1v) is 9.29. The summed E-state index contributed by atoms with van der Waals surface area (Å²) in [5, 5.41) is 14.1. The van der Waals surface area contributed by atoms with E-state index in [-0.39, 0.29) is 22.0 Å². The van der Waals surface area contributed by atoms with Gasteiger partial charge in [-0.1, -0.05) is 30.7 Å². The number of nitro groups is 1. The number of piperazine rings is 1. The third-order valence-electron chi connectivity index (χ3n) is 4.79. The molecular formula is C19H20ClFN4O3. The monoisotopic (exact) mass is 406 g/mol. The number of hydrogen-bond acceptors (Lipinski definition) is 5. The van der Waals surface area contributed by atoms with Crippen molar-refractivity contribution in [2.45, 2.75) is 6.92 Å². The molecule has 2 aromatic carbocycles. The molecule has 1 aliphatic rings. The number of carbonyl (C=O) groups excluding carboxylic acids is 1. The predicted molar refractivity (Wildman–Crippen MR) is 107 cm³/mol. The van der Waals surface area contributed by atoms with Crippen LogP contribution in [0.15, 0.2) is 36.4 Å². The van der Waals surface area contributed by atoms with Gasteiger partial charge in [-0.05, 0) is 24.7 Å². The summed E-state index contributed by atoms with van der Waals surface area (Å²) in [6.45, 7) is 5.80. The number of rotatable bonds is 5. The molecular weight excluding hydrogens is 387 g/mol. The van der Waals surface area contributed by atoms with Gasteiger partial charge in [-0.25, -0.2) is 4.39 Å². The summed E-state index contributed by atoms with van der Waals surface area (Å²) in [6.07, 6.45) is 0. The first kappa shape index (κ1) is 20.0. The maximum absolute atomic E-state index is 13.9. The number of anilines is 2. The van der Waals surface area contributed by atoms with Crippen molar-refractivity contribution in [2.75, 3.05) is 42.9 Å². The average molecular weight is 407 g/mol. The Bertz CT molecular complexity index is 901. The third kappa shape index (κ3) is 4.23. The number of amides is 1. The fourth-order valence-corrected chi connectivity index (χ4v) is 3.39. The normalized spacial score (nSPS) is 14.8. The second kappa shape index (κ2) is 8.53. The maximum Gasteiger partial charge on any atom is 0.294 e. The summed E-state index contributed by atoms with van der Waals surface area (Å²) in [4.78, 5) is 27.6. The zero-order valence-electron chi connectivity index (χ0n) is 15.3. The second-order valence-electron chi connectivity index (χ2n) is 6.43. The molecule has 1 heterocycles. The SMILES string of the molecule is CCN1CCN(c2cc(NC(=O)c3ccccc3F)c(Cl)cc2[N+](=O)[O-])CC1. The second-order valence-corrected chi connectivity index (χ2v) is 6.84. The molecule has 0 saturated carbocycles. The van der Waals surface area contributed by atoms with Crippen molar-refractivity contribution in [1.82, 2.24) is 4.90 Å². The van der Waals surface area contributed by atoms with Crippen LogP contribution < -0.4 is 10.2 Å². The highest BCUT2D eigenvalue weighted by atomic mass is 35.5. The largest absolute Gasteiger partial charge is 0.363 e. The molecule has 0 aliphatic carbocycles. The topological polar surface area (TPSA) is 78.7 Å². The fraction of sp³-hybridized carbons (Fsp3) is 0.316. The molecule has 7 nitrogen and oxygen atoms in total. The van der Waals surface area contributed by atoms with Crippen molar-refractivity contribution < 1.29 is 14.1 Å². The Morgan fingerprint density at radius 1 is 1.25 bits per heavy atom. The van der Waals surface area contributed by atoms with Crippen LogP contribution in [-0.4, -0.2) is 48.5 Å². The highest BCUT2D eigenvalue weighted by Crippen LogP contribution is 2.37. The van der Waals surface area contributed by atoms with E-state index in [4.69, 9.17) is 11.6 Å². The molecule has 1 amide bonds. The number of nitrogens with one attached hydrogen (secondary N) is 1. The Hall–Kier alpha value is -2.71. The maximum atomic E-state index is 13.9. The zero-order valence-corrected chi connectivity index (χ0v) is 16.1. The van der Waals surface area contributed by atoms with Gasteiger partial charge in [0.2, 0.25) is 0 Å². The number of nitrogens with zero attached hydrogens (tertiary/aromatic N) is 3. The molecule has 1 saturated heterocycles. The van der Waals surface area contributed by atoms with Gasteiger partial charge in [0.15, 0.2) is 0 Å². The number of benzene rings is 2.